The molecule has 0 saturated carbocycles. The van der Waals surface area contributed by atoms with Gasteiger partial charge >= 0.3 is 0 Å². The van der Waals surface area contributed by atoms with E-state index in [-0.39, 0.29) is 0 Å². The van der Waals surface area contributed by atoms with E-state index in [0.29, 0.717) is 0 Å². The molecule has 0 aromatic heterocycles. The first-order chi connectivity index (χ1) is 4.54. The predicted molar refractivity (Wildman–Crippen MR) is 30.6 cm³/mol. The lowest BCUT2D eigenvalue weighted by Crippen LogP contribution is -2.29. The van der Waals surface area contributed by atoms with Gasteiger partial charge in [0.25, 0.3) is 6.43 Å². The molecule has 1 unspecified atom stereocenters. The minimum absolute atomic E-state index is 0.736. The Labute approximate surface area is 57.1 Å². The second-order valence-electron chi connectivity index (χ2n) is 1.77. The summed E-state index contributed by atoms with van der Waals surface area (Å²) in [7, 11) is 0. The Hall–Kier alpha value is -0.710. The molecule has 0 aromatic rings. The Bertz CT molecular complexity index is 118. The summed E-state index contributed by atoms with van der Waals surface area (Å²) < 4.78 is 27.1. The molecule has 0 radical (unpaired) electrons. The van der Waals surface area contributed by atoms with Crippen LogP contribution in [0.15, 0.2) is 0 Å². The van der Waals surface area contributed by atoms with Crippen LogP contribution in [-0.2, 0) is 9.53 Å². The molecule has 3 nitrogen and oxygen atoms in total. The molecule has 0 spiro atoms. The van der Waals surface area contributed by atoms with Gasteiger partial charge < -0.3 is 10.5 Å². The standard InChI is InChI=1S/C5H9F2NO2/c1-3(5(8)9)10-2-4(6)7/h3-4H,2H2,1H3,(H2,8,9). The molecule has 0 saturated heterocycles. The Morgan fingerprint density at radius 3 is 2.50 bits per heavy atom. The monoisotopic (exact) mass is 153 g/mol. The lowest BCUT2D eigenvalue weighted by Gasteiger charge is -2.07. The van der Waals surface area contributed by atoms with Crippen LogP contribution in [0.4, 0.5) is 8.78 Å². The molecular weight excluding hydrogens is 144 g/mol. The van der Waals surface area contributed by atoms with E-state index in [1.807, 2.05) is 0 Å². The van der Waals surface area contributed by atoms with Crippen molar-refractivity contribution in [1.82, 2.24) is 0 Å². The molecule has 1 atom stereocenters. The Morgan fingerprint density at radius 2 is 2.20 bits per heavy atom. The third-order valence-electron chi connectivity index (χ3n) is 0.873. The number of rotatable bonds is 4. The van der Waals surface area contributed by atoms with E-state index >= 15 is 0 Å². The third-order valence-corrected chi connectivity index (χ3v) is 0.873. The molecule has 1 amide bonds. The van der Waals surface area contributed by atoms with E-state index in [1.54, 1.807) is 0 Å². The first kappa shape index (κ1) is 9.29. The van der Waals surface area contributed by atoms with E-state index in [2.05, 4.69) is 4.74 Å². The van der Waals surface area contributed by atoms with Gasteiger partial charge in [-0.15, -0.1) is 0 Å². The van der Waals surface area contributed by atoms with Gasteiger partial charge in [0, 0.05) is 0 Å². The minimum Gasteiger partial charge on any atom is -0.367 e. The van der Waals surface area contributed by atoms with Crippen molar-refractivity contribution < 1.29 is 18.3 Å². The first-order valence-corrected chi connectivity index (χ1v) is 2.73. The highest BCUT2D eigenvalue weighted by Crippen LogP contribution is 1.96. The largest absolute Gasteiger partial charge is 0.367 e. The second-order valence-corrected chi connectivity index (χ2v) is 1.77. The number of ether oxygens (including phenoxy) is 1. The van der Waals surface area contributed by atoms with Gasteiger partial charge in [-0.3, -0.25) is 4.79 Å². The zero-order valence-electron chi connectivity index (χ0n) is 5.51. The number of nitrogens with two attached hydrogens (primary N) is 1. The van der Waals surface area contributed by atoms with Gasteiger partial charge in [-0.2, -0.15) is 0 Å². The van der Waals surface area contributed by atoms with Crippen LogP contribution >= 0.6 is 0 Å². The summed E-state index contributed by atoms with van der Waals surface area (Å²) in [5.74, 6) is -0.736. The van der Waals surface area contributed by atoms with Crippen molar-refractivity contribution in [3.8, 4) is 0 Å². The maximum atomic E-state index is 11.4. The zero-order valence-corrected chi connectivity index (χ0v) is 5.51. The average Bonchev–Trinajstić information content (AvgIpc) is 1.82. The smallest absolute Gasteiger partial charge is 0.261 e. The summed E-state index contributed by atoms with van der Waals surface area (Å²) >= 11 is 0. The van der Waals surface area contributed by atoms with Crippen LogP contribution in [-0.4, -0.2) is 25.0 Å². The van der Waals surface area contributed by atoms with E-state index in [1.165, 1.54) is 6.92 Å². The number of primary amides is 1. The molecule has 0 aromatic carbocycles. The van der Waals surface area contributed by atoms with Gasteiger partial charge in [-0.05, 0) is 6.92 Å². The summed E-state index contributed by atoms with van der Waals surface area (Å²) in [6.07, 6.45) is -3.49. The van der Waals surface area contributed by atoms with Gasteiger partial charge in [-0.1, -0.05) is 0 Å². The van der Waals surface area contributed by atoms with E-state index < -0.39 is 25.0 Å². The van der Waals surface area contributed by atoms with Crippen molar-refractivity contribution in [3.63, 3.8) is 0 Å². The fourth-order valence-corrected chi connectivity index (χ4v) is 0.299. The Kier molecular flexibility index (Phi) is 3.87. The Balaban J connectivity index is 3.40. The number of alkyl halides is 2. The maximum Gasteiger partial charge on any atom is 0.261 e. The first-order valence-electron chi connectivity index (χ1n) is 2.73. The van der Waals surface area contributed by atoms with Crippen molar-refractivity contribution in [2.45, 2.75) is 19.5 Å². The number of halogens is 2. The van der Waals surface area contributed by atoms with E-state index in [4.69, 9.17) is 5.73 Å². The lowest BCUT2D eigenvalue weighted by molar-refractivity contribution is -0.130. The average molecular weight is 153 g/mol. The fraction of sp³-hybridized carbons (Fsp3) is 0.800. The molecular formula is C5H9F2NO2. The van der Waals surface area contributed by atoms with Crippen molar-refractivity contribution >= 4 is 5.91 Å². The lowest BCUT2D eigenvalue weighted by atomic mass is 10.4. The number of carbonyl (C=O) groups excluding carboxylic acids is 1. The van der Waals surface area contributed by atoms with Crippen molar-refractivity contribution in [3.05, 3.63) is 0 Å². The normalized spacial score (nSPS) is 13.6. The molecule has 0 heterocycles. The molecule has 0 bridgehead atoms. The van der Waals surface area contributed by atoms with Crippen molar-refractivity contribution in [2.75, 3.05) is 6.61 Å². The quantitative estimate of drug-likeness (QED) is 0.624. The predicted octanol–water partition coefficient (Wildman–Crippen LogP) is 0.142. The maximum absolute atomic E-state index is 11.4. The number of carbonyl (C=O) groups is 1. The van der Waals surface area contributed by atoms with Gasteiger partial charge in [-0.25, -0.2) is 8.78 Å². The van der Waals surface area contributed by atoms with Gasteiger partial charge in [0.1, 0.15) is 12.7 Å². The Morgan fingerprint density at radius 1 is 1.70 bits per heavy atom. The molecule has 0 aliphatic heterocycles. The van der Waals surface area contributed by atoms with E-state index in [9.17, 15) is 13.6 Å². The van der Waals surface area contributed by atoms with Crippen LogP contribution in [0.5, 0.6) is 0 Å². The summed E-state index contributed by atoms with van der Waals surface area (Å²) in [5, 5.41) is 0. The van der Waals surface area contributed by atoms with Crippen LogP contribution in [0.1, 0.15) is 6.92 Å². The van der Waals surface area contributed by atoms with Gasteiger partial charge in [0.2, 0.25) is 5.91 Å². The van der Waals surface area contributed by atoms with Crippen molar-refractivity contribution in [2.24, 2.45) is 5.73 Å². The van der Waals surface area contributed by atoms with Crippen LogP contribution in [0, 0.1) is 0 Å². The molecule has 60 valence electrons. The summed E-state index contributed by atoms with van der Waals surface area (Å²) in [6.45, 7) is 0.578. The molecule has 0 fully saturated rings. The summed E-state index contributed by atoms with van der Waals surface area (Å²) in [5.41, 5.74) is 4.71. The molecule has 2 N–H and O–H groups in total. The molecule has 0 aliphatic carbocycles. The molecule has 10 heavy (non-hydrogen) atoms. The second kappa shape index (κ2) is 4.16. The molecule has 0 aliphatic rings. The highest BCUT2D eigenvalue weighted by atomic mass is 19.3. The zero-order chi connectivity index (χ0) is 8.15. The summed E-state index contributed by atoms with van der Waals surface area (Å²) in [4.78, 5) is 10.2. The van der Waals surface area contributed by atoms with Gasteiger partial charge in [0.15, 0.2) is 0 Å². The number of hydrogen-bond acceptors (Lipinski definition) is 2. The van der Waals surface area contributed by atoms with Crippen LogP contribution in [0.2, 0.25) is 0 Å². The van der Waals surface area contributed by atoms with Crippen molar-refractivity contribution in [1.29, 1.82) is 0 Å². The highest BCUT2D eigenvalue weighted by molar-refractivity contribution is 5.78. The summed E-state index contributed by atoms with van der Waals surface area (Å²) in [6, 6.07) is 0. The topological polar surface area (TPSA) is 52.3 Å². The van der Waals surface area contributed by atoms with E-state index in [0.717, 1.165) is 0 Å². The fourth-order valence-electron chi connectivity index (χ4n) is 0.299. The number of hydrogen-bond donors (Lipinski definition) is 1. The van der Waals surface area contributed by atoms with Crippen LogP contribution in [0.3, 0.4) is 0 Å². The highest BCUT2D eigenvalue weighted by Gasteiger charge is 2.11. The third kappa shape index (κ3) is 4.20. The van der Waals surface area contributed by atoms with Gasteiger partial charge in [0.05, 0.1) is 0 Å². The molecule has 0 rings (SSSR count). The van der Waals surface area contributed by atoms with Crippen LogP contribution < -0.4 is 5.73 Å². The van der Waals surface area contributed by atoms with Crippen LogP contribution in [0.25, 0.3) is 0 Å². The SMILES string of the molecule is CC(OCC(F)F)C(N)=O. The molecule has 5 heteroatoms. The number of amides is 1. The minimum atomic E-state index is -2.55.